The van der Waals surface area contributed by atoms with E-state index in [1.54, 1.807) is 20.8 Å². The average molecular weight is 419 g/mol. The SMILES string of the molecule is COC(=O)CCCn1nnnc1[C@@H](COCc1ccccc1)NC(=O)OC(C)(C)C. The summed E-state index contributed by atoms with van der Waals surface area (Å²) in [5.41, 5.74) is 0.359. The lowest BCUT2D eigenvalue weighted by Crippen LogP contribution is -2.38. The number of esters is 1. The van der Waals surface area contributed by atoms with Gasteiger partial charge in [-0.3, -0.25) is 4.79 Å². The number of hydrogen-bond donors (Lipinski definition) is 1. The van der Waals surface area contributed by atoms with Crippen molar-refractivity contribution in [2.45, 2.75) is 58.4 Å². The molecule has 0 saturated carbocycles. The highest BCUT2D eigenvalue weighted by atomic mass is 16.6. The Morgan fingerprint density at radius 3 is 2.60 bits per heavy atom. The molecule has 0 aliphatic carbocycles. The Morgan fingerprint density at radius 1 is 1.20 bits per heavy atom. The third-order valence-corrected chi connectivity index (χ3v) is 3.94. The maximum absolute atomic E-state index is 12.3. The number of tetrazole rings is 1. The molecule has 2 rings (SSSR count). The standard InChI is InChI=1S/C20H29N5O5/c1-20(2,3)30-19(27)21-16(14-29-13-15-9-6-5-7-10-15)18-22-23-24-25(18)12-8-11-17(26)28-4/h5-7,9-10,16H,8,11-14H2,1-4H3,(H,21,27)/t16-/m1/s1. The monoisotopic (exact) mass is 419 g/mol. The van der Waals surface area contributed by atoms with E-state index in [0.717, 1.165) is 5.56 Å². The highest BCUT2D eigenvalue weighted by Crippen LogP contribution is 2.14. The summed E-state index contributed by atoms with van der Waals surface area (Å²) in [6.07, 6.45) is 0.138. The molecule has 2 aromatic rings. The second kappa shape index (κ2) is 11.2. The van der Waals surface area contributed by atoms with Crippen LogP contribution in [0.15, 0.2) is 30.3 Å². The molecular weight excluding hydrogens is 390 g/mol. The highest BCUT2D eigenvalue weighted by Gasteiger charge is 2.25. The van der Waals surface area contributed by atoms with Crippen molar-refractivity contribution in [1.82, 2.24) is 25.5 Å². The molecule has 0 aliphatic rings. The number of amides is 1. The van der Waals surface area contributed by atoms with Gasteiger partial charge in [0, 0.05) is 13.0 Å². The second-order valence-electron chi connectivity index (χ2n) is 7.64. The predicted molar refractivity (Wildman–Crippen MR) is 107 cm³/mol. The first-order chi connectivity index (χ1) is 14.3. The van der Waals surface area contributed by atoms with Crippen LogP contribution < -0.4 is 5.32 Å². The van der Waals surface area contributed by atoms with Gasteiger partial charge in [-0.2, -0.15) is 0 Å². The molecule has 0 bridgehead atoms. The van der Waals surface area contributed by atoms with Crippen LogP contribution in [0.1, 0.15) is 51.0 Å². The van der Waals surface area contributed by atoms with Gasteiger partial charge in [0.25, 0.3) is 0 Å². The lowest BCUT2D eigenvalue weighted by atomic mass is 10.2. The van der Waals surface area contributed by atoms with Gasteiger partial charge in [0.1, 0.15) is 11.6 Å². The van der Waals surface area contributed by atoms with E-state index < -0.39 is 17.7 Å². The van der Waals surface area contributed by atoms with Crippen molar-refractivity contribution in [2.75, 3.05) is 13.7 Å². The molecule has 1 aromatic carbocycles. The number of aryl methyl sites for hydroxylation is 1. The zero-order valence-corrected chi connectivity index (χ0v) is 17.8. The van der Waals surface area contributed by atoms with Gasteiger partial charge in [0.2, 0.25) is 0 Å². The lowest BCUT2D eigenvalue weighted by molar-refractivity contribution is -0.140. The number of ether oxygens (including phenoxy) is 3. The molecule has 10 heteroatoms. The third-order valence-electron chi connectivity index (χ3n) is 3.94. The summed E-state index contributed by atoms with van der Waals surface area (Å²) in [6, 6.07) is 9.06. The van der Waals surface area contributed by atoms with E-state index in [9.17, 15) is 9.59 Å². The second-order valence-corrected chi connectivity index (χ2v) is 7.64. The molecule has 0 spiro atoms. The van der Waals surface area contributed by atoms with Crippen LogP contribution in [0.3, 0.4) is 0 Å². The summed E-state index contributed by atoms with van der Waals surface area (Å²) in [5, 5.41) is 14.5. The van der Waals surface area contributed by atoms with E-state index in [1.165, 1.54) is 11.8 Å². The molecule has 30 heavy (non-hydrogen) atoms. The van der Waals surface area contributed by atoms with Gasteiger partial charge >= 0.3 is 12.1 Å². The van der Waals surface area contributed by atoms with Crippen LogP contribution in [0.4, 0.5) is 4.79 Å². The number of hydrogen-bond acceptors (Lipinski definition) is 8. The fourth-order valence-corrected chi connectivity index (χ4v) is 2.60. The molecule has 1 aromatic heterocycles. The number of carbonyl (C=O) groups is 2. The maximum atomic E-state index is 12.3. The number of rotatable bonds is 10. The Labute approximate surface area is 175 Å². The van der Waals surface area contributed by atoms with Crippen LogP contribution in [0.5, 0.6) is 0 Å². The van der Waals surface area contributed by atoms with Crippen molar-refractivity contribution in [1.29, 1.82) is 0 Å². The van der Waals surface area contributed by atoms with Gasteiger partial charge in [-0.1, -0.05) is 30.3 Å². The van der Waals surface area contributed by atoms with Crippen molar-refractivity contribution in [2.24, 2.45) is 0 Å². The molecule has 0 saturated heterocycles. The first-order valence-corrected chi connectivity index (χ1v) is 9.72. The minimum Gasteiger partial charge on any atom is -0.469 e. The first kappa shape index (κ1) is 23.3. The predicted octanol–water partition coefficient (Wildman–Crippen LogP) is 2.41. The van der Waals surface area contributed by atoms with Crippen molar-refractivity contribution in [3.05, 3.63) is 41.7 Å². The molecule has 0 fully saturated rings. The van der Waals surface area contributed by atoms with Crippen LogP contribution in [-0.2, 0) is 32.2 Å². The third kappa shape index (κ3) is 8.16. The summed E-state index contributed by atoms with van der Waals surface area (Å²) in [4.78, 5) is 23.7. The van der Waals surface area contributed by atoms with Gasteiger partial charge in [-0.05, 0) is 43.2 Å². The Kier molecular flexibility index (Phi) is 8.72. The molecule has 1 heterocycles. The molecule has 1 N–H and O–H groups in total. The molecule has 0 aliphatic heterocycles. The number of methoxy groups -OCH3 is 1. The summed E-state index contributed by atoms with van der Waals surface area (Å²) >= 11 is 0. The van der Waals surface area contributed by atoms with Crippen molar-refractivity contribution >= 4 is 12.1 Å². The zero-order valence-electron chi connectivity index (χ0n) is 17.8. The fourth-order valence-electron chi connectivity index (χ4n) is 2.60. The average Bonchev–Trinajstić information content (AvgIpc) is 3.15. The minimum atomic E-state index is -0.647. The Morgan fingerprint density at radius 2 is 1.93 bits per heavy atom. The van der Waals surface area contributed by atoms with Gasteiger partial charge in [0.15, 0.2) is 5.82 Å². The molecule has 1 amide bonds. The quantitative estimate of drug-likeness (QED) is 0.584. The number of benzene rings is 1. The largest absolute Gasteiger partial charge is 0.469 e. The number of alkyl carbamates (subject to hydrolysis) is 1. The van der Waals surface area contributed by atoms with Gasteiger partial charge < -0.3 is 19.5 Å². The van der Waals surface area contributed by atoms with E-state index in [2.05, 4.69) is 25.6 Å². The van der Waals surface area contributed by atoms with Crippen LogP contribution in [0.2, 0.25) is 0 Å². The topological polar surface area (TPSA) is 117 Å². The molecule has 0 unspecified atom stereocenters. The van der Waals surface area contributed by atoms with E-state index >= 15 is 0 Å². The van der Waals surface area contributed by atoms with Crippen LogP contribution in [0.25, 0.3) is 0 Å². The van der Waals surface area contributed by atoms with E-state index in [-0.39, 0.29) is 19.0 Å². The number of aromatic nitrogens is 4. The van der Waals surface area contributed by atoms with E-state index in [1.807, 2.05) is 30.3 Å². The minimum absolute atomic E-state index is 0.144. The molecule has 10 nitrogen and oxygen atoms in total. The highest BCUT2D eigenvalue weighted by molar-refractivity contribution is 5.69. The molecule has 0 radical (unpaired) electrons. The van der Waals surface area contributed by atoms with Crippen LogP contribution >= 0.6 is 0 Å². The van der Waals surface area contributed by atoms with Crippen LogP contribution in [0, 0.1) is 0 Å². The first-order valence-electron chi connectivity index (χ1n) is 9.72. The Balaban J connectivity index is 2.05. The van der Waals surface area contributed by atoms with Crippen molar-refractivity contribution in [3.63, 3.8) is 0 Å². The smallest absolute Gasteiger partial charge is 0.408 e. The zero-order chi connectivity index (χ0) is 22.0. The van der Waals surface area contributed by atoms with E-state index in [4.69, 9.17) is 9.47 Å². The Hall–Kier alpha value is -3.01. The number of nitrogens with one attached hydrogen (secondary N) is 1. The molecule has 164 valence electrons. The molecular formula is C20H29N5O5. The summed E-state index contributed by atoms with van der Waals surface area (Å²) in [5.74, 6) is 0.109. The van der Waals surface area contributed by atoms with Crippen molar-refractivity contribution < 1.29 is 23.8 Å². The summed E-state index contributed by atoms with van der Waals surface area (Å²) in [6.45, 7) is 6.25. The van der Waals surface area contributed by atoms with Gasteiger partial charge in [-0.25, -0.2) is 9.48 Å². The van der Waals surface area contributed by atoms with Crippen molar-refractivity contribution in [3.8, 4) is 0 Å². The van der Waals surface area contributed by atoms with Crippen LogP contribution in [-0.4, -0.2) is 51.6 Å². The lowest BCUT2D eigenvalue weighted by Gasteiger charge is -2.23. The van der Waals surface area contributed by atoms with Gasteiger partial charge in [0.05, 0.1) is 20.3 Å². The number of nitrogens with zero attached hydrogens (tertiary/aromatic N) is 4. The number of carbonyl (C=O) groups excluding carboxylic acids is 2. The van der Waals surface area contributed by atoms with E-state index in [0.29, 0.717) is 25.4 Å². The van der Waals surface area contributed by atoms with Gasteiger partial charge in [-0.15, -0.1) is 5.10 Å². The normalized spacial score (nSPS) is 12.3. The molecule has 1 atom stereocenters. The maximum Gasteiger partial charge on any atom is 0.408 e. The Bertz CT molecular complexity index is 803. The summed E-state index contributed by atoms with van der Waals surface area (Å²) in [7, 11) is 1.34. The summed E-state index contributed by atoms with van der Waals surface area (Å²) < 4.78 is 17.3. The fraction of sp³-hybridized carbons (Fsp3) is 0.550.